The summed E-state index contributed by atoms with van der Waals surface area (Å²) in [7, 11) is 0. The average molecular weight is 290 g/mol. The predicted molar refractivity (Wildman–Crippen MR) is 77.9 cm³/mol. The second-order valence-electron chi connectivity index (χ2n) is 4.09. The van der Waals surface area contributed by atoms with E-state index in [4.69, 9.17) is 0 Å². The van der Waals surface area contributed by atoms with Gasteiger partial charge in [0.2, 0.25) is 0 Å². The van der Waals surface area contributed by atoms with Crippen LogP contribution in [-0.2, 0) is 0 Å². The fourth-order valence-corrected chi connectivity index (χ4v) is 2.07. The molecule has 0 saturated carbocycles. The van der Waals surface area contributed by atoms with Crippen LogP contribution < -0.4 is 0 Å². The van der Waals surface area contributed by atoms with Gasteiger partial charge < -0.3 is 0 Å². The number of carbonyl (C=O) groups is 1. The number of ketones is 1. The summed E-state index contributed by atoms with van der Waals surface area (Å²) in [6, 6.07) is 10.2. The number of hydrogen-bond donors (Lipinski definition) is 0. The first-order chi connectivity index (χ1) is 9.60. The Bertz CT molecular complexity index is 648. The van der Waals surface area contributed by atoms with Crippen molar-refractivity contribution in [2.75, 3.05) is 6.26 Å². The lowest BCUT2D eigenvalue weighted by Crippen LogP contribution is -1.94. The molecule has 0 aliphatic heterocycles. The van der Waals surface area contributed by atoms with Crippen molar-refractivity contribution in [3.8, 4) is 0 Å². The molecule has 0 atom stereocenters. The number of allylic oxidation sites excluding steroid dienone is 1. The molecule has 2 rings (SSSR count). The van der Waals surface area contributed by atoms with Crippen LogP contribution in [0.25, 0.3) is 6.08 Å². The first kappa shape index (κ1) is 14.5. The van der Waals surface area contributed by atoms with E-state index >= 15 is 0 Å². The van der Waals surface area contributed by atoms with Gasteiger partial charge in [-0.3, -0.25) is 4.79 Å². The Morgan fingerprint density at radius 3 is 2.45 bits per heavy atom. The Morgan fingerprint density at radius 1 is 1.10 bits per heavy atom. The van der Waals surface area contributed by atoms with Gasteiger partial charge in [0, 0.05) is 16.0 Å². The van der Waals surface area contributed by atoms with E-state index in [1.807, 2.05) is 18.4 Å². The molecular weight excluding hydrogens is 278 g/mol. The van der Waals surface area contributed by atoms with Gasteiger partial charge in [0.15, 0.2) is 5.78 Å². The summed E-state index contributed by atoms with van der Waals surface area (Å²) in [4.78, 5) is 13.0. The van der Waals surface area contributed by atoms with E-state index in [1.165, 1.54) is 12.2 Å². The molecule has 0 bridgehead atoms. The summed E-state index contributed by atoms with van der Waals surface area (Å²) < 4.78 is 26.4. The molecule has 0 N–H and O–H groups in total. The highest BCUT2D eigenvalue weighted by Crippen LogP contribution is 2.16. The molecule has 102 valence electrons. The SMILES string of the molecule is CSc1ccc(C(=O)C=Cc2cc(F)ccc2F)cc1. The number of rotatable bonds is 4. The number of carbonyl (C=O) groups excluding carboxylic acids is 1. The molecule has 0 spiro atoms. The van der Waals surface area contributed by atoms with E-state index in [0.717, 1.165) is 23.1 Å². The molecule has 4 heteroatoms. The number of thioether (sulfide) groups is 1. The Balaban J connectivity index is 2.17. The van der Waals surface area contributed by atoms with Crippen molar-refractivity contribution >= 4 is 23.6 Å². The first-order valence-electron chi connectivity index (χ1n) is 5.91. The maximum Gasteiger partial charge on any atom is 0.185 e. The zero-order chi connectivity index (χ0) is 14.5. The minimum absolute atomic E-state index is 0.0547. The molecule has 0 heterocycles. The van der Waals surface area contributed by atoms with E-state index in [9.17, 15) is 13.6 Å². The Hall–Kier alpha value is -1.94. The maximum atomic E-state index is 13.4. The molecule has 0 aliphatic carbocycles. The van der Waals surface area contributed by atoms with Gasteiger partial charge in [-0.05, 0) is 60.9 Å². The van der Waals surface area contributed by atoms with Crippen molar-refractivity contribution in [1.82, 2.24) is 0 Å². The summed E-state index contributed by atoms with van der Waals surface area (Å²) in [5, 5.41) is 0. The molecule has 20 heavy (non-hydrogen) atoms. The third-order valence-electron chi connectivity index (χ3n) is 2.75. The van der Waals surface area contributed by atoms with Gasteiger partial charge in [-0.15, -0.1) is 11.8 Å². The number of benzene rings is 2. The molecule has 0 amide bonds. The highest BCUT2D eigenvalue weighted by molar-refractivity contribution is 7.98. The predicted octanol–water partition coefficient (Wildman–Crippen LogP) is 4.58. The summed E-state index contributed by atoms with van der Waals surface area (Å²) in [6.07, 6.45) is 4.47. The standard InChI is InChI=1S/C16H12F2OS/c1-20-14-6-2-11(3-7-14)16(19)9-4-12-10-13(17)5-8-15(12)18/h2-10H,1H3. The molecule has 0 fully saturated rings. The number of halogens is 2. The Kier molecular flexibility index (Phi) is 4.69. The average Bonchev–Trinajstić information content (AvgIpc) is 2.48. The lowest BCUT2D eigenvalue weighted by atomic mass is 10.1. The number of hydrogen-bond acceptors (Lipinski definition) is 2. The molecule has 0 saturated heterocycles. The van der Waals surface area contributed by atoms with E-state index in [-0.39, 0.29) is 11.3 Å². The Morgan fingerprint density at radius 2 is 1.80 bits per heavy atom. The summed E-state index contributed by atoms with van der Waals surface area (Å²) >= 11 is 1.58. The highest BCUT2D eigenvalue weighted by Gasteiger charge is 2.04. The molecule has 0 radical (unpaired) electrons. The minimum atomic E-state index is -0.562. The Labute approximate surface area is 120 Å². The van der Waals surface area contributed by atoms with Gasteiger partial charge in [-0.2, -0.15) is 0 Å². The van der Waals surface area contributed by atoms with Gasteiger partial charge >= 0.3 is 0 Å². The van der Waals surface area contributed by atoms with Gasteiger partial charge in [-0.1, -0.05) is 0 Å². The van der Waals surface area contributed by atoms with Crippen LogP contribution in [-0.4, -0.2) is 12.0 Å². The van der Waals surface area contributed by atoms with Crippen LogP contribution >= 0.6 is 11.8 Å². The zero-order valence-electron chi connectivity index (χ0n) is 10.8. The van der Waals surface area contributed by atoms with Crippen LogP contribution in [0.5, 0.6) is 0 Å². The summed E-state index contributed by atoms with van der Waals surface area (Å²) in [6.45, 7) is 0. The smallest absolute Gasteiger partial charge is 0.185 e. The second kappa shape index (κ2) is 6.48. The van der Waals surface area contributed by atoms with Gasteiger partial charge in [0.05, 0.1) is 0 Å². The van der Waals surface area contributed by atoms with Gasteiger partial charge in [0.25, 0.3) is 0 Å². The summed E-state index contributed by atoms with van der Waals surface area (Å²) in [5.74, 6) is -1.35. The van der Waals surface area contributed by atoms with E-state index in [1.54, 1.807) is 23.9 Å². The van der Waals surface area contributed by atoms with Crippen molar-refractivity contribution in [3.05, 3.63) is 71.3 Å². The topological polar surface area (TPSA) is 17.1 Å². The van der Waals surface area contributed by atoms with Gasteiger partial charge in [0.1, 0.15) is 11.6 Å². The monoisotopic (exact) mass is 290 g/mol. The van der Waals surface area contributed by atoms with Gasteiger partial charge in [-0.25, -0.2) is 8.78 Å². The second-order valence-corrected chi connectivity index (χ2v) is 4.97. The van der Waals surface area contributed by atoms with E-state index < -0.39 is 11.6 Å². The fraction of sp³-hybridized carbons (Fsp3) is 0.0625. The van der Waals surface area contributed by atoms with Crippen LogP contribution in [0.2, 0.25) is 0 Å². The van der Waals surface area contributed by atoms with Crippen molar-refractivity contribution < 1.29 is 13.6 Å². The highest BCUT2D eigenvalue weighted by atomic mass is 32.2. The van der Waals surface area contributed by atoms with Crippen molar-refractivity contribution in [3.63, 3.8) is 0 Å². The largest absolute Gasteiger partial charge is 0.289 e. The van der Waals surface area contributed by atoms with Crippen molar-refractivity contribution in [1.29, 1.82) is 0 Å². The molecule has 2 aromatic rings. The molecule has 0 aromatic heterocycles. The molecule has 0 unspecified atom stereocenters. The maximum absolute atomic E-state index is 13.4. The normalized spacial score (nSPS) is 10.9. The van der Waals surface area contributed by atoms with Crippen LogP contribution in [0.4, 0.5) is 8.78 Å². The molecular formula is C16H12F2OS. The third-order valence-corrected chi connectivity index (χ3v) is 3.49. The van der Waals surface area contributed by atoms with Crippen molar-refractivity contribution in [2.24, 2.45) is 0 Å². The first-order valence-corrected chi connectivity index (χ1v) is 7.14. The van der Waals surface area contributed by atoms with Crippen LogP contribution in [0.1, 0.15) is 15.9 Å². The fourth-order valence-electron chi connectivity index (χ4n) is 1.66. The molecule has 2 aromatic carbocycles. The summed E-state index contributed by atoms with van der Waals surface area (Å²) in [5.41, 5.74) is 0.565. The lowest BCUT2D eigenvalue weighted by molar-refractivity contribution is 0.104. The quantitative estimate of drug-likeness (QED) is 0.465. The minimum Gasteiger partial charge on any atom is -0.289 e. The van der Waals surface area contributed by atoms with E-state index in [0.29, 0.717) is 5.56 Å². The van der Waals surface area contributed by atoms with Crippen LogP contribution in [0.3, 0.4) is 0 Å². The third kappa shape index (κ3) is 3.54. The van der Waals surface area contributed by atoms with Crippen molar-refractivity contribution in [2.45, 2.75) is 4.90 Å². The lowest BCUT2D eigenvalue weighted by Gasteiger charge is -1.99. The molecule has 1 nitrogen and oxygen atoms in total. The molecule has 0 aliphatic rings. The zero-order valence-corrected chi connectivity index (χ0v) is 11.6. The van der Waals surface area contributed by atoms with E-state index in [2.05, 4.69) is 0 Å². The van der Waals surface area contributed by atoms with Crippen LogP contribution in [0, 0.1) is 11.6 Å². The van der Waals surface area contributed by atoms with Crippen LogP contribution in [0.15, 0.2) is 53.4 Å².